The van der Waals surface area contributed by atoms with Crippen molar-refractivity contribution < 1.29 is 4.79 Å². The number of hydrogen-bond donors (Lipinski definition) is 2. The zero-order valence-electron chi connectivity index (χ0n) is 12.3. The Balaban J connectivity index is 1.79. The maximum atomic E-state index is 12.5. The van der Waals surface area contributed by atoms with Crippen LogP contribution in [0, 0.1) is 0 Å². The molecule has 0 unspecified atom stereocenters. The van der Waals surface area contributed by atoms with Crippen LogP contribution in [0.15, 0.2) is 29.8 Å². The Kier molecular flexibility index (Phi) is 3.78. The second-order valence-electron chi connectivity index (χ2n) is 5.83. The topological polar surface area (TPSA) is 54.0 Å². The van der Waals surface area contributed by atoms with Crippen LogP contribution in [0.25, 0.3) is 0 Å². The molecule has 1 amide bonds. The summed E-state index contributed by atoms with van der Waals surface area (Å²) < 4.78 is 0. The van der Waals surface area contributed by atoms with Gasteiger partial charge in [-0.3, -0.25) is 4.79 Å². The molecular weight excluding hydrogens is 282 g/mol. The first-order valence-corrected chi connectivity index (χ1v) is 7.99. The molecule has 2 aromatic rings. The summed E-state index contributed by atoms with van der Waals surface area (Å²) >= 11 is 1.55. The third-order valence-electron chi connectivity index (χ3n) is 3.75. The third kappa shape index (κ3) is 2.99. The number of thiazole rings is 1. The summed E-state index contributed by atoms with van der Waals surface area (Å²) in [4.78, 5) is 16.8. The minimum atomic E-state index is -0.459. The molecule has 3 rings (SSSR count). The predicted molar refractivity (Wildman–Crippen MR) is 84.5 cm³/mol. The average Bonchev–Trinajstić information content (AvgIpc) is 3.01. The molecule has 1 aromatic heterocycles. The second kappa shape index (κ2) is 5.58. The van der Waals surface area contributed by atoms with Gasteiger partial charge < -0.3 is 10.6 Å². The highest BCUT2D eigenvalue weighted by molar-refractivity contribution is 7.09. The monoisotopic (exact) mass is 301 g/mol. The van der Waals surface area contributed by atoms with Gasteiger partial charge in [0.15, 0.2) is 0 Å². The van der Waals surface area contributed by atoms with Crippen LogP contribution in [0.4, 0.5) is 0 Å². The molecule has 5 heteroatoms. The molecule has 0 aliphatic carbocycles. The van der Waals surface area contributed by atoms with Crippen LogP contribution in [0.2, 0.25) is 0 Å². The summed E-state index contributed by atoms with van der Waals surface area (Å²) in [6, 6.07) is 5.98. The molecule has 0 radical (unpaired) electrons. The smallest absolute Gasteiger partial charge is 0.252 e. The van der Waals surface area contributed by atoms with Crippen molar-refractivity contribution in [2.24, 2.45) is 0 Å². The van der Waals surface area contributed by atoms with Crippen molar-refractivity contribution in [2.75, 3.05) is 6.54 Å². The van der Waals surface area contributed by atoms with Crippen LogP contribution in [-0.2, 0) is 18.5 Å². The summed E-state index contributed by atoms with van der Waals surface area (Å²) in [5.41, 5.74) is 2.81. The van der Waals surface area contributed by atoms with E-state index in [0.29, 0.717) is 5.56 Å². The second-order valence-corrected chi connectivity index (χ2v) is 6.72. The molecule has 4 nitrogen and oxygen atoms in total. The highest BCUT2D eigenvalue weighted by atomic mass is 32.1. The zero-order chi connectivity index (χ0) is 14.9. The maximum Gasteiger partial charge on any atom is 0.252 e. The van der Waals surface area contributed by atoms with Gasteiger partial charge in [-0.2, -0.15) is 0 Å². The molecule has 21 heavy (non-hydrogen) atoms. The Morgan fingerprint density at radius 3 is 3.00 bits per heavy atom. The standard InChI is InChI=1S/C16H19N3OS/c1-16(2,15-18-7-8-21-15)19-14(20)12-4-3-11-5-6-17-10-13(11)9-12/h3-4,7-9,17H,5-6,10H2,1-2H3,(H,19,20). The van der Waals surface area contributed by atoms with Gasteiger partial charge in [-0.25, -0.2) is 4.98 Å². The van der Waals surface area contributed by atoms with Crippen LogP contribution in [-0.4, -0.2) is 17.4 Å². The number of amides is 1. The minimum absolute atomic E-state index is 0.0522. The SMILES string of the molecule is CC(C)(NC(=O)c1ccc2c(c1)CNCC2)c1nccs1. The number of aromatic nitrogens is 1. The Hall–Kier alpha value is -1.72. The van der Waals surface area contributed by atoms with Crippen LogP contribution in [0.1, 0.15) is 40.3 Å². The Morgan fingerprint density at radius 1 is 1.38 bits per heavy atom. The number of fused-ring (bicyclic) bond motifs is 1. The number of carbonyl (C=O) groups excluding carboxylic acids is 1. The van der Waals surface area contributed by atoms with E-state index in [1.165, 1.54) is 11.1 Å². The normalized spacial score (nSPS) is 14.6. The molecule has 0 saturated carbocycles. The van der Waals surface area contributed by atoms with E-state index in [1.54, 1.807) is 17.5 Å². The van der Waals surface area contributed by atoms with Crippen molar-refractivity contribution >= 4 is 17.2 Å². The Morgan fingerprint density at radius 2 is 2.24 bits per heavy atom. The number of nitrogens with one attached hydrogen (secondary N) is 2. The van der Waals surface area contributed by atoms with E-state index in [2.05, 4.69) is 21.7 Å². The quantitative estimate of drug-likeness (QED) is 0.915. The number of benzene rings is 1. The fourth-order valence-corrected chi connectivity index (χ4v) is 3.28. The Bertz CT molecular complexity index is 650. The zero-order valence-corrected chi connectivity index (χ0v) is 13.1. The number of rotatable bonds is 3. The summed E-state index contributed by atoms with van der Waals surface area (Å²) in [5.74, 6) is -0.0522. The van der Waals surface area contributed by atoms with Crippen molar-refractivity contribution in [3.05, 3.63) is 51.5 Å². The fourth-order valence-electron chi connectivity index (χ4n) is 2.56. The van der Waals surface area contributed by atoms with Gasteiger partial charge in [0.2, 0.25) is 0 Å². The molecule has 2 heterocycles. The Labute approximate surface area is 128 Å². The highest BCUT2D eigenvalue weighted by Gasteiger charge is 2.26. The lowest BCUT2D eigenvalue weighted by Gasteiger charge is -2.24. The summed E-state index contributed by atoms with van der Waals surface area (Å²) in [6.07, 6.45) is 2.79. The molecule has 0 saturated heterocycles. The van der Waals surface area contributed by atoms with E-state index in [0.717, 1.165) is 24.5 Å². The summed E-state index contributed by atoms with van der Waals surface area (Å²) in [6.45, 7) is 5.80. The van der Waals surface area contributed by atoms with Gasteiger partial charge in [-0.15, -0.1) is 11.3 Å². The lowest BCUT2D eigenvalue weighted by Crippen LogP contribution is -2.41. The lowest BCUT2D eigenvalue weighted by atomic mass is 9.97. The van der Waals surface area contributed by atoms with E-state index < -0.39 is 5.54 Å². The van der Waals surface area contributed by atoms with Gasteiger partial charge >= 0.3 is 0 Å². The molecule has 0 bridgehead atoms. The summed E-state index contributed by atoms with van der Waals surface area (Å²) in [5, 5.41) is 9.24. The van der Waals surface area contributed by atoms with E-state index in [-0.39, 0.29) is 5.91 Å². The average molecular weight is 301 g/mol. The van der Waals surface area contributed by atoms with Gasteiger partial charge in [-0.1, -0.05) is 6.07 Å². The van der Waals surface area contributed by atoms with Crippen LogP contribution >= 0.6 is 11.3 Å². The molecular formula is C16H19N3OS. The van der Waals surface area contributed by atoms with Crippen molar-refractivity contribution in [2.45, 2.75) is 32.4 Å². The van der Waals surface area contributed by atoms with E-state index in [1.807, 2.05) is 31.4 Å². The molecule has 110 valence electrons. The summed E-state index contributed by atoms with van der Waals surface area (Å²) in [7, 11) is 0. The maximum absolute atomic E-state index is 12.5. The molecule has 1 aliphatic heterocycles. The van der Waals surface area contributed by atoms with Gasteiger partial charge in [-0.05, 0) is 50.1 Å². The molecule has 0 spiro atoms. The predicted octanol–water partition coefficient (Wildman–Crippen LogP) is 2.45. The van der Waals surface area contributed by atoms with Crippen LogP contribution < -0.4 is 10.6 Å². The van der Waals surface area contributed by atoms with Gasteiger partial charge in [0.05, 0.1) is 5.54 Å². The van der Waals surface area contributed by atoms with E-state index in [9.17, 15) is 4.79 Å². The first-order chi connectivity index (χ1) is 10.1. The van der Waals surface area contributed by atoms with Gasteiger partial charge in [0.25, 0.3) is 5.91 Å². The van der Waals surface area contributed by atoms with E-state index in [4.69, 9.17) is 0 Å². The van der Waals surface area contributed by atoms with E-state index >= 15 is 0 Å². The van der Waals surface area contributed by atoms with Crippen LogP contribution in [0.5, 0.6) is 0 Å². The fraction of sp³-hybridized carbons (Fsp3) is 0.375. The molecule has 1 aliphatic rings. The highest BCUT2D eigenvalue weighted by Crippen LogP contribution is 2.23. The molecule has 0 fully saturated rings. The van der Waals surface area contributed by atoms with Crippen LogP contribution in [0.3, 0.4) is 0 Å². The largest absolute Gasteiger partial charge is 0.341 e. The number of carbonyl (C=O) groups is 1. The number of nitrogens with zero attached hydrogens (tertiary/aromatic N) is 1. The van der Waals surface area contributed by atoms with Crippen molar-refractivity contribution in [1.29, 1.82) is 0 Å². The third-order valence-corrected chi connectivity index (χ3v) is 4.84. The van der Waals surface area contributed by atoms with Crippen molar-refractivity contribution in [1.82, 2.24) is 15.6 Å². The first-order valence-electron chi connectivity index (χ1n) is 7.11. The first kappa shape index (κ1) is 14.2. The van der Waals surface area contributed by atoms with Gasteiger partial charge in [0.1, 0.15) is 5.01 Å². The molecule has 1 aromatic carbocycles. The van der Waals surface area contributed by atoms with Crippen molar-refractivity contribution in [3.8, 4) is 0 Å². The lowest BCUT2D eigenvalue weighted by molar-refractivity contribution is 0.0912. The molecule has 0 atom stereocenters. The van der Waals surface area contributed by atoms with Gasteiger partial charge in [0, 0.05) is 23.7 Å². The van der Waals surface area contributed by atoms with Crippen molar-refractivity contribution in [3.63, 3.8) is 0 Å². The minimum Gasteiger partial charge on any atom is -0.341 e. The molecule has 2 N–H and O–H groups in total. The number of hydrogen-bond acceptors (Lipinski definition) is 4.